The van der Waals surface area contributed by atoms with E-state index in [-0.39, 0.29) is 0 Å². The van der Waals surface area contributed by atoms with Gasteiger partial charge in [0.05, 0.1) is 11.8 Å². The van der Waals surface area contributed by atoms with Gasteiger partial charge >= 0.3 is 0 Å². The van der Waals surface area contributed by atoms with E-state index in [1.165, 1.54) is 0 Å². The van der Waals surface area contributed by atoms with E-state index in [0.29, 0.717) is 5.92 Å². The Labute approximate surface area is 116 Å². The molecule has 4 rings (SSSR count). The zero-order valence-corrected chi connectivity index (χ0v) is 11.1. The third-order valence-electron chi connectivity index (χ3n) is 3.81. The van der Waals surface area contributed by atoms with Crippen LogP contribution < -0.4 is 4.90 Å². The number of hydrogen-bond donors (Lipinski definition) is 0. The average molecular weight is 265 g/mol. The Morgan fingerprint density at radius 3 is 2.90 bits per heavy atom. The maximum atomic E-state index is 4.46. The number of imidazole rings is 1. The Balaban J connectivity index is 1.52. The van der Waals surface area contributed by atoms with Gasteiger partial charge < -0.3 is 9.47 Å². The summed E-state index contributed by atoms with van der Waals surface area (Å²) in [7, 11) is 0. The molecule has 3 heterocycles. The van der Waals surface area contributed by atoms with Gasteiger partial charge in [0.2, 0.25) is 0 Å². The van der Waals surface area contributed by atoms with Crippen LogP contribution in [0.5, 0.6) is 0 Å². The van der Waals surface area contributed by atoms with Crippen molar-refractivity contribution in [3.05, 3.63) is 49.3 Å². The lowest BCUT2D eigenvalue weighted by Crippen LogP contribution is -2.49. The lowest BCUT2D eigenvalue weighted by molar-refractivity contribution is 0.356. The number of para-hydroxylation sites is 1. The lowest BCUT2D eigenvalue weighted by Gasteiger charge is -2.40. The molecule has 0 saturated carbocycles. The molecule has 0 atom stereocenters. The van der Waals surface area contributed by atoms with Crippen LogP contribution in [0.4, 0.5) is 5.82 Å². The van der Waals surface area contributed by atoms with Gasteiger partial charge in [-0.2, -0.15) is 0 Å². The van der Waals surface area contributed by atoms with Gasteiger partial charge in [-0.3, -0.25) is 0 Å². The quantitative estimate of drug-likeness (QED) is 0.726. The van der Waals surface area contributed by atoms with Gasteiger partial charge in [0.15, 0.2) is 0 Å². The highest BCUT2D eigenvalue weighted by Crippen LogP contribution is 2.29. The highest BCUT2D eigenvalue weighted by Gasteiger charge is 2.28. The van der Waals surface area contributed by atoms with Crippen LogP contribution in [0.2, 0.25) is 0 Å². The van der Waals surface area contributed by atoms with Crippen molar-refractivity contribution in [2.75, 3.05) is 18.0 Å². The molecule has 0 amide bonds. The first-order valence-electron chi connectivity index (χ1n) is 6.80. The third kappa shape index (κ3) is 1.91. The second-order valence-electron chi connectivity index (χ2n) is 5.24. The van der Waals surface area contributed by atoms with E-state index in [2.05, 4.69) is 30.5 Å². The van der Waals surface area contributed by atoms with Crippen LogP contribution in [0, 0.1) is 5.92 Å². The molecule has 1 fully saturated rings. The molecule has 2 aromatic heterocycles. The maximum absolute atomic E-state index is 4.46. The molecule has 0 unspecified atom stereocenters. The molecule has 1 saturated heterocycles. The van der Waals surface area contributed by atoms with Crippen molar-refractivity contribution >= 4 is 16.7 Å². The molecule has 20 heavy (non-hydrogen) atoms. The molecular weight excluding hydrogens is 250 g/mol. The second-order valence-corrected chi connectivity index (χ2v) is 5.24. The first-order chi connectivity index (χ1) is 9.90. The monoisotopic (exact) mass is 265 g/mol. The molecule has 0 N–H and O–H groups in total. The molecule has 0 spiro atoms. The van der Waals surface area contributed by atoms with Crippen LogP contribution in [0.15, 0.2) is 49.3 Å². The molecule has 0 aliphatic carbocycles. The molecule has 5 heteroatoms. The summed E-state index contributed by atoms with van der Waals surface area (Å²) in [6, 6.07) is 8.17. The summed E-state index contributed by atoms with van der Waals surface area (Å²) >= 11 is 0. The van der Waals surface area contributed by atoms with Crippen molar-refractivity contribution in [3.63, 3.8) is 0 Å². The molecule has 1 aromatic carbocycles. The minimum absolute atomic E-state index is 0.665. The number of hydrogen-bond acceptors (Lipinski definition) is 4. The average Bonchev–Trinajstić information content (AvgIpc) is 2.95. The zero-order valence-electron chi connectivity index (χ0n) is 11.1. The Morgan fingerprint density at radius 1 is 1.15 bits per heavy atom. The van der Waals surface area contributed by atoms with E-state index < -0.39 is 0 Å². The predicted molar refractivity (Wildman–Crippen MR) is 77.5 cm³/mol. The summed E-state index contributed by atoms with van der Waals surface area (Å²) in [6.45, 7) is 3.11. The standard InChI is InChI=1S/C15H15N5/c1-2-4-14-13(3-1)15(18-10-17-14)20-8-12(9-20)7-19-6-5-16-11-19/h1-6,10-12H,7-9H2. The summed E-state index contributed by atoms with van der Waals surface area (Å²) < 4.78 is 2.14. The highest BCUT2D eigenvalue weighted by molar-refractivity contribution is 5.89. The van der Waals surface area contributed by atoms with Crippen molar-refractivity contribution in [1.82, 2.24) is 19.5 Å². The third-order valence-corrected chi connectivity index (χ3v) is 3.81. The molecule has 0 radical (unpaired) electrons. The molecular formula is C15H15N5. The van der Waals surface area contributed by atoms with Crippen LogP contribution in [0.1, 0.15) is 0 Å². The number of nitrogens with zero attached hydrogens (tertiary/aromatic N) is 5. The Bertz CT molecular complexity index is 711. The zero-order chi connectivity index (χ0) is 13.4. The van der Waals surface area contributed by atoms with Gasteiger partial charge in [-0.25, -0.2) is 15.0 Å². The van der Waals surface area contributed by atoms with Gasteiger partial charge in [-0.1, -0.05) is 12.1 Å². The normalized spacial score (nSPS) is 15.5. The minimum atomic E-state index is 0.665. The first-order valence-corrected chi connectivity index (χ1v) is 6.80. The topological polar surface area (TPSA) is 46.8 Å². The maximum Gasteiger partial charge on any atom is 0.139 e. The van der Waals surface area contributed by atoms with E-state index in [1.807, 2.05) is 36.9 Å². The van der Waals surface area contributed by atoms with Gasteiger partial charge in [0, 0.05) is 43.3 Å². The van der Waals surface area contributed by atoms with Crippen LogP contribution >= 0.6 is 0 Å². The largest absolute Gasteiger partial charge is 0.355 e. The molecule has 1 aliphatic rings. The summed E-state index contributed by atoms with van der Waals surface area (Å²) in [5.74, 6) is 1.72. The lowest BCUT2D eigenvalue weighted by atomic mass is 9.99. The molecule has 0 bridgehead atoms. The minimum Gasteiger partial charge on any atom is -0.355 e. The number of fused-ring (bicyclic) bond motifs is 1. The molecule has 100 valence electrons. The van der Waals surface area contributed by atoms with Crippen molar-refractivity contribution in [1.29, 1.82) is 0 Å². The van der Waals surface area contributed by atoms with Crippen LogP contribution in [0.25, 0.3) is 10.9 Å². The molecule has 1 aliphatic heterocycles. The second kappa shape index (κ2) is 4.59. The van der Waals surface area contributed by atoms with E-state index in [1.54, 1.807) is 6.33 Å². The summed E-state index contributed by atoms with van der Waals surface area (Å²) in [5.41, 5.74) is 1.01. The van der Waals surface area contributed by atoms with E-state index in [9.17, 15) is 0 Å². The number of benzene rings is 1. The number of anilines is 1. The molecule has 5 nitrogen and oxygen atoms in total. The smallest absolute Gasteiger partial charge is 0.139 e. The van der Waals surface area contributed by atoms with Gasteiger partial charge in [-0.05, 0) is 12.1 Å². The fraction of sp³-hybridized carbons (Fsp3) is 0.267. The Hall–Kier alpha value is -2.43. The first kappa shape index (κ1) is 11.4. The fourth-order valence-corrected chi connectivity index (χ4v) is 2.79. The summed E-state index contributed by atoms with van der Waals surface area (Å²) in [4.78, 5) is 15.2. The van der Waals surface area contributed by atoms with E-state index >= 15 is 0 Å². The van der Waals surface area contributed by atoms with E-state index in [4.69, 9.17) is 0 Å². The van der Waals surface area contributed by atoms with Crippen LogP contribution in [-0.2, 0) is 6.54 Å². The van der Waals surface area contributed by atoms with Crippen molar-refractivity contribution in [2.45, 2.75) is 6.54 Å². The fourth-order valence-electron chi connectivity index (χ4n) is 2.79. The van der Waals surface area contributed by atoms with Crippen LogP contribution in [-0.4, -0.2) is 32.6 Å². The van der Waals surface area contributed by atoms with Gasteiger partial charge in [0.1, 0.15) is 12.1 Å². The van der Waals surface area contributed by atoms with Crippen molar-refractivity contribution in [3.8, 4) is 0 Å². The Kier molecular flexibility index (Phi) is 2.62. The number of aromatic nitrogens is 4. The Morgan fingerprint density at radius 2 is 2.05 bits per heavy atom. The SMILES string of the molecule is c1ccc2c(N3CC(Cn4ccnc4)C3)ncnc2c1. The van der Waals surface area contributed by atoms with Crippen LogP contribution in [0.3, 0.4) is 0 Å². The van der Waals surface area contributed by atoms with Crippen molar-refractivity contribution in [2.24, 2.45) is 5.92 Å². The number of rotatable bonds is 3. The van der Waals surface area contributed by atoms with Gasteiger partial charge in [0.25, 0.3) is 0 Å². The predicted octanol–water partition coefficient (Wildman–Crippen LogP) is 1.96. The van der Waals surface area contributed by atoms with E-state index in [0.717, 1.165) is 36.4 Å². The summed E-state index contributed by atoms with van der Waals surface area (Å²) in [6.07, 6.45) is 7.38. The molecule has 3 aromatic rings. The van der Waals surface area contributed by atoms with Gasteiger partial charge in [-0.15, -0.1) is 0 Å². The summed E-state index contributed by atoms with van der Waals surface area (Å²) in [5, 5.41) is 1.14. The highest BCUT2D eigenvalue weighted by atomic mass is 15.3. The van der Waals surface area contributed by atoms with Crippen molar-refractivity contribution < 1.29 is 0 Å².